The quantitative estimate of drug-likeness (QED) is 0.165. The zero-order chi connectivity index (χ0) is 36.6. The fourth-order valence-corrected chi connectivity index (χ4v) is 7.23. The molecule has 3 aromatic heterocycles. The summed E-state index contributed by atoms with van der Waals surface area (Å²) in [5, 5.41) is 0.863. The first-order valence-corrected chi connectivity index (χ1v) is 18.3. The summed E-state index contributed by atoms with van der Waals surface area (Å²) in [6.07, 6.45) is 1.85. The van der Waals surface area contributed by atoms with E-state index in [4.69, 9.17) is 24.4 Å². The van der Waals surface area contributed by atoms with Crippen molar-refractivity contribution in [3.05, 3.63) is 194 Å². The molecule has 0 atom stereocenters. The van der Waals surface area contributed by atoms with Crippen LogP contribution in [0.3, 0.4) is 0 Å². The summed E-state index contributed by atoms with van der Waals surface area (Å²) in [5.41, 5.74) is 13.7. The number of fused-ring (bicyclic) bond motifs is 3. The van der Waals surface area contributed by atoms with E-state index in [0.29, 0.717) is 17.5 Å². The van der Waals surface area contributed by atoms with E-state index in [1.807, 2.05) is 48.7 Å². The third-order valence-electron chi connectivity index (χ3n) is 10.1. The Kier molecular flexibility index (Phi) is 8.08. The number of hydrogen-bond donors (Lipinski definition) is 0. The van der Waals surface area contributed by atoms with Gasteiger partial charge in [-0.3, -0.25) is 4.98 Å². The highest BCUT2D eigenvalue weighted by Gasteiger charge is 2.20. The number of aromatic nitrogens is 4. The van der Waals surface area contributed by atoms with Crippen molar-refractivity contribution in [2.75, 3.05) is 0 Å². The normalized spacial score (nSPS) is 11.3. The molecule has 0 saturated carbocycles. The van der Waals surface area contributed by atoms with Gasteiger partial charge in [0.25, 0.3) is 0 Å². The van der Waals surface area contributed by atoms with Gasteiger partial charge in [0.2, 0.25) is 0 Å². The Morgan fingerprint density at radius 1 is 0.309 bits per heavy atom. The van der Waals surface area contributed by atoms with Crippen molar-refractivity contribution in [2.24, 2.45) is 0 Å². The molecule has 0 amide bonds. The van der Waals surface area contributed by atoms with Crippen molar-refractivity contribution in [1.82, 2.24) is 19.9 Å². The molecule has 0 aliphatic heterocycles. The molecule has 10 aromatic rings. The van der Waals surface area contributed by atoms with E-state index < -0.39 is 0 Å². The van der Waals surface area contributed by atoms with Crippen LogP contribution in [0.15, 0.2) is 199 Å². The molecule has 5 heteroatoms. The van der Waals surface area contributed by atoms with Crippen molar-refractivity contribution in [3.8, 4) is 78.7 Å². The molecule has 10 rings (SSSR count). The Morgan fingerprint density at radius 3 is 1.22 bits per heavy atom. The molecule has 0 aliphatic carbocycles. The second kappa shape index (κ2) is 13.8. The summed E-state index contributed by atoms with van der Waals surface area (Å²) in [4.78, 5) is 20.2. The van der Waals surface area contributed by atoms with Crippen LogP contribution in [0, 0.1) is 0 Å². The fourth-order valence-electron chi connectivity index (χ4n) is 7.23. The van der Waals surface area contributed by atoms with Gasteiger partial charge in [0, 0.05) is 28.5 Å². The van der Waals surface area contributed by atoms with Crippen LogP contribution in [0.1, 0.15) is 0 Å². The smallest absolute Gasteiger partial charge is 0.164 e. The van der Waals surface area contributed by atoms with Crippen LogP contribution in [0.5, 0.6) is 0 Å². The van der Waals surface area contributed by atoms with Gasteiger partial charge in [-0.25, -0.2) is 15.0 Å². The standard InChI is InChI=1S/C50H32N4O/c1-4-11-33(12-5-1)36-19-25-39(26-20-36)42-31-32-51-46-45-43(17-10-18-44(45)55-47(42)46)50-53-48(40-27-21-37(22-28-40)34-13-6-2-7-14-34)52-49(54-50)41-29-23-38(24-30-41)35-15-8-3-9-16-35/h1-32H. The lowest BCUT2D eigenvalue weighted by atomic mass is 10.00. The maximum atomic E-state index is 6.62. The van der Waals surface area contributed by atoms with Gasteiger partial charge in [-0.15, -0.1) is 0 Å². The lowest BCUT2D eigenvalue weighted by molar-refractivity contribution is 0.669. The molecule has 0 unspecified atom stereocenters. The Bertz CT molecular complexity index is 2820. The Balaban J connectivity index is 1.10. The second-order valence-electron chi connectivity index (χ2n) is 13.5. The van der Waals surface area contributed by atoms with E-state index >= 15 is 0 Å². The summed E-state index contributed by atoms with van der Waals surface area (Å²) in [6.45, 7) is 0. The number of furan rings is 1. The van der Waals surface area contributed by atoms with Gasteiger partial charge >= 0.3 is 0 Å². The van der Waals surface area contributed by atoms with Crippen LogP contribution in [0.25, 0.3) is 101 Å². The van der Waals surface area contributed by atoms with E-state index in [1.54, 1.807) is 0 Å². The van der Waals surface area contributed by atoms with Crippen molar-refractivity contribution in [3.63, 3.8) is 0 Å². The third kappa shape index (κ3) is 6.14. The summed E-state index contributed by atoms with van der Waals surface area (Å²) in [7, 11) is 0. The van der Waals surface area contributed by atoms with Crippen LogP contribution in [0.4, 0.5) is 0 Å². The number of pyridine rings is 1. The van der Waals surface area contributed by atoms with Crippen molar-refractivity contribution < 1.29 is 4.42 Å². The van der Waals surface area contributed by atoms with Crippen LogP contribution in [-0.4, -0.2) is 19.9 Å². The fraction of sp³-hybridized carbons (Fsp3) is 0. The number of nitrogens with zero attached hydrogens (tertiary/aromatic N) is 4. The highest BCUT2D eigenvalue weighted by Crippen LogP contribution is 2.40. The minimum Gasteiger partial charge on any atom is -0.454 e. The van der Waals surface area contributed by atoms with Gasteiger partial charge < -0.3 is 4.42 Å². The molecule has 0 bridgehead atoms. The third-order valence-corrected chi connectivity index (χ3v) is 10.1. The molecule has 0 spiro atoms. The van der Waals surface area contributed by atoms with Crippen molar-refractivity contribution in [2.45, 2.75) is 0 Å². The van der Waals surface area contributed by atoms with Gasteiger partial charge in [0.15, 0.2) is 23.1 Å². The van der Waals surface area contributed by atoms with Crippen molar-refractivity contribution in [1.29, 1.82) is 0 Å². The number of hydrogen-bond acceptors (Lipinski definition) is 5. The molecule has 7 aromatic carbocycles. The van der Waals surface area contributed by atoms with E-state index in [9.17, 15) is 0 Å². The SMILES string of the molecule is c1ccc(-c2ccc(-c3nc(-c4ccc(-c5ccccc5)cc4)nc(-c4cccc5oc6c(-c7ccc(-c8ccccc8)cc7)ccnc6c45)n3)cc2)cc1. The molecular formula is C50H32N4O. The molecule has 0 saturated heterocycles. The van der Waals surface area contributed by atoms with Gasteiger partial charge in [0.1, 0.15) is 11.1 Å². The van der Waals surface area contributed by atoms with E-state index in [1.165, 1.54) is 5.56 Å². The minimum atomic E-state index is 0.548. The summed E-state index contributed by atoms with van der Waals surface area (Å²) in [6, 6.07) is 64.5. The van der Waals surface area contributed by atoms with Crippen LogP contribution in [-0.2, 0) is 0 Å². The largest absolute Gasteiger partial charge is 0.454 e. The molecule has 0 radical (unpaired) electrons. The first-order valence-electron chi connectivity index (χ1n) is 18.3. The molecule has 0 N–H and O–H groups in total. The zero-order valence-corrected chi connectivity index (χ0v) is 29.7. The van der Waals surface area contributed by atoms with Gasteiger partial charge in [-0.05, 0) is 51.1 Å². The number of benzene rings is 7. The van der Waals surface area contributed by atoms with Crippen LogP contribution >= 0.6 is 0 Å². The van der Waals surface area contributed by atoms with Crippen LogP contribution < -0.4 is 0 Å². The average Bonchev–Trinajstić information content (AvgIpc) is 3.67. The Hall–Kier alpha value is -7.50. The maximum Gasteiger partial charge on any atom is 0.164 e. The molecule has 3 heterocycles. The number of rotatable bonds is 7. The second-order valence-corrected chi connectivity index (χ2v) is 13.5. The monoisotopic (exact) mass is 704 g/mol. The first-order chi connectivity index (χ1) is 27.2. The molecule has 55 heavy (non-hydrogen) atoms. The van der Waals surface area contributed by atoms with E-state index in [0.717, 1.165) is 77.7 Å². The average molecular weight is 705 g/mol. The van der Waals surface area contributed by atoms with Gasteiger partial charge in [-0.2, -0.15) is 0 Å². The lowest BCUT2D eigenvalue weighted by Crippen LogP contribution is -2.00. The molecule has 5 nitrogen and oxygen atoms in total. The van der Waals surface area contributed by atoms with E-state index in [-0.39, 0.29) is 0 Å². The summed E-state index contributed by atoms with van der Waals surface area (Å²) in [5.74, 6) is 1.72. The first kappa shape index (κ1) is 32.2. The maximum absolute atomic E-state index is 6.62. The lowest BCUT2D eigenvalue weighted by Gasteiger charge is -2.10. The van der Waals surface area contributed by atoms with Crippen molar-refractivity contribution >= 4 is 22.1 Å². The Morgan fingerprint density at radius 2 is 0.727 bits per heavy atom. The Labute approximate surface area is 318 Å². The van der Waals surface area contributed by atoms with E-state index in [2.05, 4.69) is 146 Å². The topological polar surface area (TPSA) is 64.7 Å². The highest BCUT2D eigenvalue weighted by molar-refractivity contribution is 6.13. The highest BCUT2D eigenvalue weighted by atomic mass is 16.3. The van der Waals surface area contributed by atoms with Gasteiger partial charge in [0.05, 0.1) is 5.39 Å². The molecule has 0 aliphatic rings. The molecular weight excluding hydrogens is 673 g/mol. The zero-order valence-electron chi connectivity index (χ0n) is 29.7. The van der Waals surface area contributed by atoms with Gasteiger partial charge in [-0.1, -0.05) is 176 Å². The molecule has 258 valence electrons. The summed E-state index contributed by atoms with van der Waals surface area (Å²) < 4.78 is 6.62. The summed E-state index contributed by atoms with van der Waals surface area (Å²) >= 11 is 0. The van der Waals surface area contributed by atoms with Crippen LogP contribution in [0.2, 0.25) is 0 Å². The molecule has 0 fully saturated rings. The predicted octanol–water partition coefficient (Wildman–Crippen LogP) is 12.8. The minimum absolute atomic E-state index is 0.548. The predicted molar refractivity (Wildman–Crippen MR) is 223 cm³/mol.